The fraction of sp³-hybridized carbons (Fsp3) is 0.500. The van der Waals surface area contributed by atoms with Gasteiger partial charge in [0.1, 0.15) is 5.75 Å². The lowest BCUT2D eigenvalue weighted by molar-refractivity contribution is 0.194. The molecule has 110 valence electrons. The Morgan fingerprint density at radius 2 is 2.10 bits per heavy atom. The zero-order valence-electron chi connectivity index (χ0n) is 12.4. The van der Waals surface area contributed by atoms with Crippen molar-refractivity contribution in [1.82, 2.24) is 9.88 Å². The van der Waals surface area contributed by atoms with E-state index in [1.807, 2.05) is 13.0 Å². The van der Waals surface area contributed by atoms with Gasteiger partial charge >= 0.3 is 0 Å². The minimum Gasteiger partial charge on any atom is -0.493 e. The van der Waals surface area contributed by atoms with Crippen molar-refractivity contribution in [2.45, 2.75) is 19.9 Å². The lowest BCUT2D eigenvalue weighted by Crippen LogP contribution is -2.21. The van der Waals surface area contributed by atoms with E-state index in [-0.39, 0.29) is 0 Å². The summed E-state index contributed by atoms with van der Waals surface area (Å²) in [4.78, 5) is 0. The van der Waals surface area contributed by atoms with E-state index in [0.29, 0.717) is 6.61 Å². The summed E-state index contributed by atoms with van der Waals surface area (Å²) < 4.78 is 13.0. The molecule has 0 radical (unpaired) electrons. The van der Waals surface area contributed by atoms with Gasteiger partial charge in [-0.3, -0.25) is 0 Å². The highest BCUT2D eigenvalue weighted by molar-refractivity contribution is 5.86. The number of aromatic nitrogens is 1. The van der Waals surface area contributed by atoms with Crippen LogP contribution >= 0.6 is 0 Å². The fourth-order valence-corrected chi connectivity index (χ4v) is 2.34. The van der Waals surface area contributed by atoms with E-state index >= 15 is 0 Å². The first kappa shape index (κ1) is 14.9. The van der Waals surface area contributed by atoms with Crippen LogP contribution in [0.25, 0.3) is 10.9 Å². The maximum atomic E-state index is 5.66. The van der Waals surface area contributed by atoms with Crippen LogP contribution in [0.5, 0.6) is 5.75 Å². The van der Waals surface area contributed by atoms with Crippen molar-refractivity contribution in [3.05, 3.63) is 30.5 Å². The minimum atomic E-state index is 0.700. The summed E-state index contributed by atoms with van der Waals surface area (Å²) in [7, 11) is 1.74. The summed E-state index contributed by atoms with van der Waals surface area (Å²) >= 11 is 0. The van der Waals surface area contributed by atoms with E-state index in [4.69, 9.17) is 9.47 Å². The molecule has 2 aromatic rings. The van der Waals surface area contributed by atoms with Crippen LogP contribution in [-0.4, -0.2) is 38.0 Å². The first-order valence-electron chi connectivity index (χ1n) is 7.27. The third-order valence-electron chi connectivity index (χ3n) is 3.31. The first-order valence-corrected chi connectivity index (χ1v) is 7.27. The van der Waals surface area contributed by atoms with Crippen molar-refractivity contribution in [3.8, 4) is 5.75 Å². The number of hydrogen-bond acceptors (Lipinski definition) is 3. The molecule has 4 nitrogen and oxygen atoms in total. The molecule has 0 bridgehead atoms. The summed E-state index contributed by atoms with van der Waals surface area (Å²) in [5, 5.41) is 4.62. The molecular weight excluding hydrogens is 252 g/mol. The van der Waals surface area contributed by atoms with E-state index < -0.39 is 0 Å². The molecule has 0 amide bonds. The van der Waals surface area contributed by atoms with Gasteiger partial charge in [-0.15, -0.1) is 0 Å². The fourth-order valence-electron chi connectivity index (χ4n) is 2.34. The Bertz CT molecular complexity index is 522. The third kappa shape index (κ3) is 3.74. The Hall–Kier alpha value is -1.52. The first-order chi connectivity index (χ1) is 9.86. The molecule has 0 aliphatic rings. The van der Waals surface area contributed by atoms with E-state index in [1.165, 1.54) is 10.9 Å². The van der Waals surface area contributed by atoms with Crippen molar-refractivity contribution in [3.63, 3.8) is 0 Å². The molecule has 2 rings (SSSR count). The zero-order chi connectivity index (χ0) is 14.2. The monoisotopic (exact) mass is 276 g/mol. The van der Waals surface area contributed by atoms with Crippen LogP contribution in [-0.2, 0) is 11.3 Å². The molecule has 0 unspecified atom stereocenters. The molecule has 0 aliphatic carbocycles. The lowest BCUT2D eigenvalue weighted by Gasteiger charge is -2.08. The zero-order valence-corrected chi connectivity index (χ0v) is 12.4. The van der Waals surface area contributed by atoms with Crippen LogP contribution < -0.4 is 10.1 Å². The van der Waals surface area contributed by atoms with Gasteiger partial charge in [0.25, 0.3) is 0 Å². The average molecular weight is 276 g/mol. The van der Waals surface area contributed by atoms with Crippen molar-refractivity contribution >= 4 is 10.9 Å². The van der Waals surface area contributed by atoms with Crippen molar-refractivity contribution < 1.29 is 9.47 Å². The number of hydrogen-bond donors (Lipinski definition) is 1. The van der Waals surface area contributed by atoms with Crippen molar-refractivity contribution in [1.29, 1.82) is 0 Å². The van der Waals surface area contributed by atoms with Crippen LogP contribution in [0.1, 0.15) is 13.3 Å². The molecular formula is C16H24N2O2. The van der Waals surface area contributed by atoms with Crippen molar-refractivity contribution in [2.75, 3.05) is 33.4 Å². The molecule has 1 aromatic heterocycles. The standard InChI is InChI=1S/C16H24N2O2/c1-3-20-16-7-4-6-15-14(16)8-11-18(15)12-10-17-9-5-13-19-2/h4,6-8,11,17H,3,5,9-10,12-13H2,1-2H3. The summed E-state index contributed by atoms with van der Waals surface area (Å²) in [6.45, 7) is 6.46. The van der Waals surface area contributed by atoms with Gasteiger partial charge in [-0.25, -0.2) is 0 Å². The second-order valence-corrected chi connectivity index (χ2v) is 4.73. The lowest BCUT2D eigenvalue weighted by atomic mass is 10.2. The molecule has 1 aromatic carbocycles. The number of methoxy groups -OCH3 is 1. The van der Waals surface area contributed by atoms with Crippen LogP contribution in [0, 0.1) is 0 Å². The largest absolute Gasteiger partial charge is 0.493 e. The highest BCUT2D eigenvalue weighted by atomic mass is 16.5. The normalized spacial score (nSPS) is 11.1. The highest BCUT2D eigenvalue weighted by Crippen LogP contribution is 2.26. The number of ether oxygens (including phenoxy) is 2. The predicted octanol–water partition coefficient (Wildman–Crippen LogP) is 2.67. The quantitative estimate of drug-likeness (QED) is 0.715. The summed E-state index contributed by atoms with van der Waals surface area (Å²) in [5.74, 6) is 0.969. The Labute approximate surface area is 120 Å². The van der Waals surface area contributed by atoms with E-state index in [2.05, 4.69) is 34.3 Å². The molecule has 0 fully saturated rings. The van der Waals surface area contributed by atoms with Gasteiger partial charge in [0.15, 0.2) is 0 Å². The van der Waals surface area contributed by atoms with Gasteiger partial charge in [0.2, 0.25) is 0 Å². The number of nitrogens with zero attached hydrogens (tertiary/aromatic N) is 1. The summed E-state index contributed by atoms with van der Waals surface area (Å²) in [6.07, 6.45) is 3.18. The second-order valence-electron chi connectivity index (χ2n) is 4.73. The minimum absolute atomic E-state index is 0.700. The Morgan fingerprint density at radius 3 is 2.90 bits per heavy atom. The van der Waals surface area contributed by atoms with Gasteiger partial charge in [-0.1, -0.05) is 6.07 Å². The van der Waals surface area contributed by atoms with Crippen LogP contribution in [0.2, 0.25) is 0 Å². The Balaban J connectivity index is 1.92. The second kappa shape index (κ2) is 7.92. The molecule has 4 heteroatoms. The number of rotatable bonds is 9. The van der Waals surface area contributed by atoms with Crippen LogP contribution in [0.15, 0.2) is 30.5 Å². The molecule has 0 aliphatic heterocycles. The molecule has 1 N–H and O–H groups in total. The molecule has 0 saturated heterocycles. The maximum Gasteiger partial charge on any atom is 0.128 e. The van der Waals surface area contributed by atoms with Crippen molar-refractivity contribution in [2.24, 2.45) is 0 Å². The van der Waals surface area contributed by atoms with Gasteiger partial charge in [-0.05, 0) is 38.1 Å². The molecule has 0 atom stereocenters. The topological polar surface area (TPSA) is 35.4 Å². The molecule has 20 heavy (non-hydrogen) atoms. The van der Waals surface area contributed by atoms with E-state index in [1.54, 1.807) is 7.11 Å². The van der Waals surface area contributed by atoms with Crippen LogP contribution in [0.4, 0.5) is 0 Å². The van der Waals surface area contributed by atoms with Crippen LogP contribution in [0.3, 0.4) is 0 Å². The van der Waals surface area contributed by atoms with E-state index in [0.717, 1.165) is 38.4 Å². The number of nitrogens with one attached hydrogen (secondary N) is 1. The maximum absolute atomic E-state index is 5.66. The van der Waals surface area contributed by atoms with Gasteiger partial charge in [0, 0.05) is 38.4 Å². The predicted molar refractivity (Wildman–Crippen MR) is 82.5 cm³/mol. The average Bonchev–Trinajstić information content (AvgIpc) is 2.87. The molecule has 0 saturated carbocycles. The molecule has 1 heterocycles. The number of fused-ring (bicyclic) bond motifs is 1. The van der Waals surface area contributed by atoms with Gasteiger partial charge in [-0.2, -0.15) is 0 Å². The Kier molecular flexibility index (Phi) is 5.89. The SMILES string of the molecule is CCOc1cccc2c1ccn2CCNCCCOC. The van der Waals surface area contributed by atoms with E-state index in [9.17, 15) is 0 Å². The van der Waals surface area contributed by atoms with Gasteiger partial charge in [0.05, 0.1) is 12.1 Å². The Morgan fingerprint density at radius 1 is 1.20 bits per heavy atom. The summed E-state index contributed by atoms with van der Waals surface area (Å²) in [6, 6.07) is 8.35. The van der Waals surface area contributed by atoms with Gasteiger partial charge < -0.3 is 19.4 Å². The highest BCUT2D eigenvalue weighted by Gasteiger charge is 2.05. The number of benzene rings is 1. The summed E-state index contributed by atoms with van der Waals surface area (Å²) in [5.41, 5.74) is 1.23. The molecule has 0 spiro atoms. The third-order valence-corrected chi connectivity index (χ3v) is 3.31. The smallest absolute Gasteiger partial charge is 0.128 e.